The van der Waals surface area contributed by atoms with Crippen LogP contribution < -0.4 is 5.32 Å². The zero-order valence-corrected chi connectivity index (χ0v) is 19.5. The summed E-state index contributed by atoms with van der Waals surface area (Å²) in [5.41, 5.74) is 0.324. The van der Waals surface area contributed by atoms with E-state index >= 15 is 0 Å². The van der Waals surface area contributed by atoms with Crippen LogP contribution in [0.15, 0.2) is 43.0 Å². The van der Waals surface area contributed by atoms with Crippen molar-refractivity contribution in [2.24, 2.45) is 0 Å². The SMILES string of the molecule is Cc1cc(C(F)(F)F)nn1CC(=O)Nc1cc(C(=O)c2cn(C(C)C)c3ncncc23)ccc1C#N. The average Bonchev–Trinajstić information content (AvgIpc) is 3.39. The molecule has 0 aliphatic carbocycles. The van der Waals surface area contributed by atoms with Crippen LogP contribution >= 0.6 is 0 Å². The van der Waals surface area contributed by atoms with Crippen LogP contribution in [0.3, 0.4) is 0 Å². The number of nitriles is 1. The first-order chi connectivity index (χ1) is 17.0. The molecule has 0 aliphatic rings. The average molecular weight is 495 g/mol. The highest BCUT2D eigenvalue weighted by molar-refractivity contribution is 6.16. The number of rotatable bonds is 6. The third-order valence-corrected chi connectivity index (χ3v) is 5.54. The molecular weight excluding hydrogens is 475 g/mol. The Balaban J connectivity index is 1.63. The number of nitrogens with zero attached hydrogens (tertiary/aromatic N) is 6. The maximum absolute atomic E-state index is 13.4. The fraction of sp³-hybridized carbons (Fsp3) is 0.250. The second-order valence-corrected chi connectivity index (χ2v) is 8.38. The van der Waals surface area contributed by atoms with Crippen molar-refractivity contribution in [3.05, 3.63) is 71.1 Å². The number of benzene rings is 1. The van der Waals surface area contributed by atoms with Crippen LogP contribution in [0.2, 0.25) is 0 Å². The summed E-state index contributed by atoms with van der Waals surface area (Å²) in [6.07, 6.45) is -0.0212. The predicted octanol–water partition coefficient (Wildman–Crippen LogP) is 4.28. The van der Waals surface area contributed by atoms with Crippen molar-refractivity contribution in [3.8, 4) is 6.07 Å². The van der Waals surface area contributed by atoms with E-state index in [0.29, 0.717) is 16.6 Å². The number of aromatic nitrogens is 5. The fourth-order valence-electron chi connectivity index (χ4n) is 3.74. The summed E-state index contributed by atoms with van der Waals surface area (Å²) in [7, 11) is 0. The molecule has 12 heteroatoms. The van der Waals surface area contributed by atoms with Crippen molar-refractivity contribution in [2.45, 2.75) is 39.5 Å². The number of alkyl halides is 3. The van der Waals surface area contributed by atoms with Gasteiger partial charge in [-0.3, -0.25) is 14.3 Å². The number of halogens is 3. The number of anilines is 1. The lowest BCUT2D eigenvalue weighted by atomic mass is 10.0. The maximum atomic E-state index is 13.4. The lowest BCUT2D eigenvalue weighted by Crippen LogP contribution is -2.21. The van der Waals surface area contributed by atoms with E-state index in [2.05, 4.69) is 20.4 Å². The second-order valence-electron chi connectivity index (χ2n) is 8.38. The number of hydrogen-bond acceptors (Lipinski definition) is 6. The van der Waals surface area contributed by atoms with Crippen molar-refractivity contribution in [2.75, 3.05) is 5.32 Å². The van der Waals surface area contributed by atoms with Gasteiger partial charge in [0.05, 0.1) is 16.8 Å². The third kappa shape index (κ3) is 4.68. The molecule has 0 atom stereocenters. The van der Waals surface area contributed by atoms with E-state index in [0.717, 1.165) is 10.7 Å². The minimum atomic E-state index is -4.64. The van der Waals surface area contributed by atoms with Crippen LogP contribution in [0.5, 0.6) is 0 Å². The number of carbonyl (C=O) groups excluding carboxylic acids is 2. The molecule has 0 unspecified atom stereocenters. The zero-order chi connectivity index (χ0) is 26.2. The van der Waals surface area contributed by atoms with Crippen LogP contribution in [0, 0.1) is 18.3 Å². The number of aryl methyl sites for hydroxylation is 1. The van der Waals surface area contributed by atoms with E-state index in [-0.39, 0.29) is 34.3 Å². The van der Waals surface area contributed by atoms with Gasteiger partial charge in [-0.05, 0) is 45.0 Å². The molecule has 36 heavy (non-hydrogen) atoms. The van der Waals surface area contributed by atoms with E-state index < -0.39 is 24.3 Å². The van der Waals surface area contributed by atoms with Crippen molar-refractivity contribution in [1.82, 2.24) is 24.3 Å². The molecule has 4 rings (SSSR count). The fourth-order valence-corrected chi connectivity index (χ4v) is 3.74. The Labute approximate surface area is 203 Å². The molecule has 9 nitrogen and oxygen atoms in total. The molecule has 0 aliphatic heterocycles. The Morgan fingerprint density at radius 3 is 2.61 bits per heavy atom. The molecule has 4 aromatic rings. The number of nitrogens with one attached hydrogen (secondary N) is 1. The third-order valence-electron chi connectivity index (χ3n) is 5.54. The molecule has 0 radical (unpaired) electrons. The Bertz CT molecular complexity index is 1530. The molecule has 1 aromatic carbocycles. The van der Waals surface area contributed by atoms with Crippen molar-refractivity contribution in [3.63, 3.8) is 0 Å². The quantitative estimate of drug-likeness (QED) is 0.399. The minimum absolute atomic E-state index is 0.0309. The van der Waals surface area contributed by atoms with Crippen LogP contribution in [0.4, 0.5) is 18.9 Å². The number of hydrogen-bond donors (Lipinski definition) is 1. The van der Waals surface area contributed by atoms with Crippen molar-refractivity contribution < 1.29 is 22.8 Å². The Hall–Kier alpha value is -4.53. The highest BCUT2D eigenvalue weighted by atomic mass is 19.4. The van der Waals surface area contributed by atoms with E-state index in [9.17, 15) is 28.0 Å². The molecule has 0 saturated carbocycles. The first-order valence-electron chi connectivity index (χ1n) is 10.8. The van der Waals surface area contributed by atoms with Gasteiger partial charge in [-0.1, -0.05) is 0 Å². The summed E-state index contributed by atoms with van der Waals surface area (Å²) in [5, 5.41) is 16.0. The van der Waals surface area contributed by atoms with Gasteiger partial charge in [-0.15, -0.1) is 0 Å². The topological polar surface area (TPSA) is 118 Å². The summed E-state index contributed by atoms with van der Waals surface area (Å²) >= 11 is 0. The number of ketones is 1. The number of amides is 1. The highest BCUT2D eigenvalue weighted by Gasteiger charge is 2.34. The van der Waals surface area contributed by atoms with Gasteiger partial charge in [0.2, 0.25) is 5.91 Å². The minimum Gasteiger partial charge on any atom is -0.329 e. The largest absolute Gasteiger partial charge is 0.435 e. The molecule has 0 fully saturated rings. The standard InChI is InChI=1S/C24H20F3N7O2/c1-13(2)33-10-18(17-9-29-12-30-23(17)33)22(36)15-4-5-16(8-28)19(7-15)31-21(35)11-34-14(3)6-20(32-34)24(25,26)27/h4-7,9-10,12-13H,11H2,1-3H3,(H,31,35). The van der Waals surface area contributed by atoms with Crippen LogP contribution in [0.25, 0.3) is 11.0 Å². The normalized spacial score (nSPS) is 11.6. The molecule has 0 saturated heterocycles. The van der Waals surface area contributed by atoms with E-state index in [1.54, 1.807) is 12.4 Å². The van der Waals surface area contributed by atoms with Gasteiger partial charge in [0.25, 0.3) is 0 Å². The molecule has 1 N–H and O–H groups in total. The summed E-state index contributed by atoms with van der Waals surface area (Å²) in [4.78, 5) is 34.3. The second kappa shape index (κ2) is 9.26. The Kier molecular flexibility index (Phi) is 6.32. The van der Waals surface area contributed by atoms with Crippen LogP contribution in [-0.2, 0) is 17.5 Å². The molecule has 0 spiro atoms. The van der Waals surface area contributed by atoms with Gasteiger partial charge in [-0.2, -0.15) is 23.5 Å². The molecule has 3 heterocycles. The van der Waals surface area contributed by atoms with Gasteiger partial charge in [0.1, 0.15) is 24.6 Å². The van der Waals surface area contributed by atoms with Crippen molar-refractivity contribution in [1.29, 1.82) is 5.26 Å². The molecular formula is C24H20F3N7O2. The monoisotopic (exact) mass is 495 g/mol. The van der Waals surface area contributed by atoms with Gasteiger partial charge < -0.3 is 9.88 Å². The summed E-state index contributed by atoms with van der Waals surface area (Å²) in [6.45, 7) is 4.78. The van der Waals surface area contributed by atoms with Crippen molar-refractivity contribution >= 4 is 28.4 Å². The van der Waals surface area contributed by atoms with Gasteiger partial charge in [0, 0.05) is 35.1 Å². The van der Waals surface area contributed by atoms with Gasteiger partial charge in [-0.25, -0.2) is 9.97 Å². The maximum Gasteiger partial charge on any atom is 0.435 e. The Morgan fingerprint density at radius 2 is 1.97 bits per heavy atom. The number of fused-ring (bicyclic) bond motifs is 1. The summed E-state index contributed by atoms with van der Waals surface area (Å²) in [5.74, 6) is -1.08. The molecule has 0 bridgehead atoms. The highest BCUT2D eigenvalue weighted by Crippen LogP contribution is 2.29. The summed E-state index contributed by atoms with van der Waals surface area (Å²) < 4.78 is 41.5. The first-order valence-corrected chi connectivity index (χ1v) is 10.8. The zero-order valence-electron chi connectivity index (χ0n) is 19.5. The predicted molar refractivity (Wildman–Crippen MR) is 123 cm³/mol. The molecule has 3 aromatic heterocycles. The van der Waals surface area contributed by atoms with Crippen LogP contribution in [0.1, 0.15) is 52.8 Å². The molecule has 184 valence electrons. The Morgan fingerprint density at radius 1 is 1.22 bits per heavy atom. The van der Waals surface area contributed by atoms with Crippen LogP contribution in [-0.4, -0.2) is 36.0 Å². The van der Waals surface area contributed by atoms with Gasteiger partial charge in [0.15, 0.2) is 11.5 Å². The molecule has 1 amide bonds. The lowest BCUT2D eigenvalue weighted by molar-refractivity contribution is -0.141. The van der Waals surface area contributed by atoms with E-state index in [4.69, 9.17) is 0 Å². The summed E-state index contributed by atoms with van der Waals surface area (Å²) in [6, 6.07) is 7.02. The smallest absolute Gasteiger partial charge is 0.329 e. The first kappa shape index (κ1) is 24.6. The van der Waals surface area contributed by atoms with E-state index in [1.807, 2.05) is 24.5 Å². The number of carbonyl (C=O) groups is 2. The lowest BCUT2D eigenvalue weighted by Gasteiger charge is -2.10. The van der Waals surface area contributed by atoms with E-state index in [1.165, 1.54) is 31.5 Å². The van der Waals surface area contributed by atoms with Gasteiger partial charge >= 0.3 is 6.18 Å².